The van der Waals surface area contributed by atoms with Crippen molar-refractivity contribution in [3.63, 3.8) is 0 Å². The summed E-state index contributed by atoms with van der Waals surface area (Å²) in [6.45, 7) is 4.62. The number of ether oxygens (including phenoxy) is 1. The molecule has 1 N–H and O–H groups in total. The molecule has 0 bridgehead atoms. The number of aromatic amines is 1. The molecule has 1 aromatic heterocycles. The van der Waals surface area contributed by atoms with E-state index in [0.717, 1.165) is 50.7 Å². The molecule has 100 valence electrons. The topological polar surface area (TPSA) is 58.2 Å². The molecule has 0 saturated carbocycles. The van der Waals surface area contributed by atoms with Crippen LogP contribution in [-0.4, -0.2) is 36.8 Å². The maximum atomic E-state index is 11.5. The molecule has 1 fully saturated rings. The van der Waals surface area contributed by atoms with Gasteiger partial charge in [-0.25, -0.2) is 4.98 Å². The van der Waals surface area contributed by atoms with Crippen molar-refractivity contribution < 1.29 is 4.74 Å². The predicted molar refractivity (Wildman–Crippen MR) is 71.0 cm³/mol. The largest absolute Gasteiger partial charge is 0.381 e. The van der Waals surface area contributed by atoms with Crippen LogP contribution in [0.1, 0.15) is 25.6 Å². The maximum Gasteiger partial charge on any atom is 0.252 e. The second kappa shape index (κ2) is 6.00. The molecule has 0 aliphatic carbocycles. The Bertz CT molecular complexity index is 438. The van der Waals surface area contributed by atoms with Crippen LogP contribution in [0.15, 0.2) is 10.9 Å². The van der Waals surface area contributed by atoms with Crippen LogP contribution in [0, 0.1) is 5.92 Å². The lowest BCUT2D eigenvalue weighted by Gasteiger charge is -2.27. The Labute approximate surface area is 107 Å². The van der Waals surface area contributed by atoms with E-state index in [0.29, 0.717) is 5.92 Å². The zero-order chi connectivity index (χ0) is 13.0. The van der Waals surface area contributed by atoms with Crippen LogP contribution in [0.5, 0.6) is 0 Å². The highest BCUT2D eigenvalue weighted by Gasteiger charge is 2.17. The number of nitrogens with one attached hydrogen (secondary N) is 1. The highest BCUT2D eigenvalue weighted by Crippen LogP contribution is 2.17. The molecule has 5 heteroatoms. The van der Waals surface area contributed by atoms with E-state index in [1.807, 2.05) is 14.0 Å². The summed E-state index contributed by atoms with van der Waals surface area (Å²) in [5.41, 5.74) is -0.0734. The fraction of sp³-hybridized carbons (Fsp3) is 0.692. The van der Waals surface area contributed by atoms with Gasteiger partial charge in [-0.15, -0.1) is 0 Å². The second-order valence-corrected chi connectivity index (χ2v) is 4.84. The number of hydrogen-bond donors (Lipinski definition) is 1. The summed E-state index contributed by atoms with van der Waals surface area (Å²) in [4.78, 5) is 20.8. The molecule has 1 aliphatic rings. The lowest BCUT2D eigenvalue weighted by molar-refractivity contribution is 0.0685. The van der Waals surface area contributed by atoms with Crippen LogP contribution in [0.2, 0.25) is 0 Å². The highest BCUT2D eigenvalue weighted by molar-refractivity contribution is 5.36. The molecule has 1 aromatic rings. The number of rotatable bonds is 4. The summed E-state index contributed by atoms with van der Waals surface area (Å²) in [5.74, 6) is 2.15. The van der Waals surface area contributed by atoms with Gasteiger partial charge in [-0.05, 0) is 18.8 Å². The van der Waals surface area contributed by atoms with E-state index in [1.165, 1.54) is 0 Å². The molecule has 18 heavy (non-hydrogen) atoms. The molecule has 0 radical (unpaired) electrons. The molecular formula is C13H21N3O2. The smallest absolute Gasteiger partial charge is 0.252 e. The van der Waals surface area contributed by atoms with Crippen molar-refractivity contribution in [1.29, 1.82) is 0 Å². The van der Waals surface area contributed by atoms with Crippen LogP contribution in [-0.2, 0) is 11.2 Å². The summed E-state index contributed by atoms with van der Waals surface area (Å²) in [6.07, 6.45) is 2.93. The lowest BCUT2D eigenvalue weighted by atomic mass is 10.00. The first-order valence-corrected chi connectivity index (χ1v) is 6.58. The third-order valence-corrected chi connectivity index (χ3v) is 3.38. The van der Waals surface area contributed by atoms with Gasteiger partial charge >= 0.3 is 0 Å². The summed E-state index contributed by atoms with van der Waals surface area (Å²) in [6, 6.07) is 1.57. The van der Waals surface area contributed by atoms with E-state index in [4.69, 9.17) is 4.74 Å². The molecular weight excluding hydrogens is 230 g/mol. The summed E-state index contributed by atoms with van der Waals surface area (Å²) in [7, 11) is 2.00. The summed E-state index contributed by atoms with van der Waals surface area (Å²) >= 11 is 0. The zero-order valence-corrected chi connectivity index (χ0v) is 11.1. The average Bonchev–Trinajstić information content (AvgIpc) is 2.39. The van der Waals surface area contributed by atoms with Crippen molar-refractivity contribution in [2.45, 2.75) is 26.2 Å². The Balaban J connectivity index is 2.05. The number of aryl methyl sites for hydroxylation is 1. The predicted octanol–water partition coefficient (Wildman–Crippen LogP) is 1.20. The van der Waals surface area contributed by atoms with Gasteiger partial charge in [-0.2, -0.15) is 0 Å². The first kappa shape index (κ1) is 13.1. The van der Waals surface area contributed by atoms with Gasteiger partial charge in [0.1, 0.15) is 11.6 Å². The molecule has 1 saturated heterocycles. The van der Waals surface area contributed by atoms with E-state index in [1.54, 1.807) is 6.07 Å². The van der Waals surface area contributed by atoms with Gasteiger partial charge in [-0.3, -0.25) is 4.79 Å². The van der Waals surface area contributed by atoms with E-state index in [9.17, 15) is 4.79 Å². The maximum absolute atomic E-state index is 11.5. The minimum absolute atomic E-state index is 0.0734. The fourth-order valence-corrected chi connectivity index (χ4v) is 2.27. The molecule has 0 spiro atoms. The quantitative estimate of drug-likeness (QED) is 0.873. The van der Waals surface area contributed by atoms with Gasteiger partial charge in [-0.1, -0.05) is 6.92 Å². The molecule has 0 atom stereocenters. The number of aromatic nitrogens is 2. The molecule has 5 nitrogen and oxygen atoms in total. The molecule has 0 amide bonds. The third kappa shape index (κ3) is 3.32. The van der Waals surface area contributed by atoms with Crippen LogP contribution in [0.25, 0.3) is 0 Å². The molecule has 1 aliphatic heterocycles. The summed E-state index contributed by atoms with van der Waals surface area (Å²) in [5, 5.41) is 0. The van der Waals surface area contributed by atoms with Crippen LogP contribution >= 0.6 is 0 Å². The van der Waals surface area contributed by atoms with Crippen molar-refractivity contribution >= 4 is 5.82 Å². The van der Waals surface area contributed by atoms with Crippen molar-refractivity contribution in [1.82, 2.24) is 9.97 Å². The number of hydrogen-bond acceptors (Lipinski definition) is 4. The van der Waals surface area contributed by atoms with Crippen molar-refractivity contribution in [3.05, 3.63) is 22.2 Å². The molecule has 0 unspecified atom stereocenters. The van der Waals surface area contributed by atoms with Gasteiger partial charge in [0.05, 0.1) is 0 Å². The second-order valence-electron chi connectivity index (χ2n) is 4.84. The SMILES string of the molecule is CCc1nc(N(C)CC2CCOCC2)cc(=O)[nH]1. The Hall–Kier alpha value is -1.36. The number of H-pyrrole nitrogens is 1. The van der Waals surface area contributed by atoms with Crippen molar-refractivity contribution in [2.24, 2.45) is 5.92 Å². The first-order valence-electron chi connectivity index (χ1n) is 6.58. The Morgan fingerprint density at radius 3 is 2.89 bits per heavy atom. The van der Waals surface area contributed by atoms with E-state index in [2.05, 4.69) is 14.9 Å². The fourth-order valence-electron chi connectivity index (χ4n) is 2.27. The van der Waals surface area contributed by atoms with Gasteiger partial charge in [0.2, 0.25) is 0 Å². The lowest BCUT2D eigenvalue weighted by Crippen LogP contribution is -2.31. The highest BCUT2D eigenvalue weighted by atomic mass is 16.5. The van der Waals surface area contributed by atoms with Crippen LogP contribution in [0.3, 0.4) is 0 Å². The normalized spacial score (nSPS) is 16.8. The first-order chi connectivity index (χ1) is 8.69. The van der Waals surface area contributed by atoms with Crippen molar-refractivity contribution in [2.75, 3.05) is 31.7 Å². The summed E-state index contributed by atoms with van der Waals surface area (Å²) < 4.78 is 5.35. The molecule has 0 aromatic carbocycles. The number of nitrogens with zero attached hydrogens (tertiary/aromatic N) is 2. The average molecular weight is 251 g/mol. The van der Waals surface area contributed by atoms with Crippen LogP contribution < -0.4 is 10.5 Å². The Kier molecular flexibility index (Phi) is 4.36. The standard InChI is InChI=1S/C13H21N3O2/c1-3-11-14-12(8-13(17)15-11)16(2)9-10-4-6-18-7-5-10/h8,10H,3-7,9H2,1-2H3,(H,14,15,17). The molecule has 2 rings (SSSR count). The van der Waals surface area contributed by atoms with Crippen molar-refractivity contribution in [3.8, 4) is 0 Å². The van der Waals surface area contributed by atoms with E-state index >= 15 is 0 Å². The monoisotopic (exact) mass is 251 g/mol. The Morgan fingerprint density at radius 2 is 2.22 bits per heavy atom. The van der Waals surface area contributed by atoms with E-state index < -0.39 is 0 Å². The van der Waals surface area contributed by atoms with E-state index in [-0.39, 0.29) is 5.56 Å². The molecule has 2 heterocycles. The van der Waals surface area contributed by atoms with Crippen LogP contribution in [0.4, 0.5) is 5.82 Å². The van der Waals surface area contributed by atoms with Gasteiger partial charge in [0.15, 0.2) is 0 Å². The third-order valence-electron chi connectivity index (χ3n) is 3.38. The minimum atomic E-state index is -0.0734. The zero-order valence-electron chi connectivity index (χ0n) is 11.1. The van der Waals surface area contributed by atoms with Gasteiger partial charge in [0.25, 0.3) is 5.56 Å². The van der Waals surface area contributed by atoms with Gasteiger partial charge < -0.3 is 14.6 Å². The minimum Gasteiger partial charge on any atom is -0.381 e. The van der Waals surface area contributed by atoms with Gasteiger partial charge in [0, 0.05) is 39.3 Å². The Morgan fingerprint density at radius 1 is 1.50 bits per heavy atom. The number of anilines is 1.